The third-order valence-electron chi connectivity index (χ3n) is 2.96. The molecule has 0 N–H and O–H groups in total. The van der Waals surface area contributed by atoms with E-state index in [4.69, 9.17) is 24.2 Å². The van der Waals surface area contributed by atoms with Gasteiger partial charge in [0.05, 0.1) is 19.6 Å². The number of carbonyl (C=O) groups excluding carboxylic acids is 1. The molecule has 0 bridgehead atoms. The first-order valence-corrected chi connectivity index (χ1v) is 7.71. The Balaban J connectivity index is 2.98. The first-order chi connectivity index (χ1) is 12.7. The van der Waals surface area contributed by atoms with Gasteiger partial charge in [0.1, 0.15) is 38.1 Å². The first-order valence-electron chi connectivity index (χ1n) is 7.71. The number of carbonyl (C=O) groups is 1. The Morgan fingerprint density at radius 3 is 2.23 bits per heavy atom. The number of methoxy groups -OCH3 is 1. The highest BCUT2D eigenvalue weighted by molar-refractivity contribution is 5.97. The van der Waals surface area contributed by atoms with Crippen molar-refractivity contribution in [2.45, 2.75) is 0 Å². The molecule has 1 aromatic carbocycles. The zero-order valence-corrected chi connectivity index (χ0v) is 14.6. The lowest BCUT2D eigenvalue weighted by molar-refractivity contribution is -0.135. The highest BCUT2D eigenvalue weighted by Crippen LogP contribution is 2.29. The van der Waals surface area contributed by atoms with Gasteiger partial charge in [0.25, 0.3) is 0 Å². The summed E-state index contributed by atoms with van der Waals surface area (Å²) in [6, 6.07) is 6.82. The Bertz CT molecular complexity index is 690. The summed E-state index contributed by atoms with van der Waals surface area (Å²) in [5, 5.41) is 9.06. The van der Waals surface area contributed by atoms with Gasteiger partial charge in [-0.15, -0.1) is 0 Å². The molecule has 0 aromatic heterocycles. The lowest BCUT2D eigenvalue weighted by Crippen LogP contribution is -2.08. The molecule has 26 heavy (non-hydrogen) atoms. The van der Waals surface area contributed by atoms with Crippen molar-refractivity contribution in [2.24, 2.45) is 0 Å². The summed E-state index contributed by atoms with van der Waals surface area (Å²) in [7, 11) is 1.21. The van der Waals surface area contributed by atoms with Gasteiger partial charge in [-0.2, -0.15) is 5.26 Å². The fourth-order valence-corrected chi connectivity index (χ4v) is 1.83. The number of nitriles is 1. The maximum atomic E-state index is 11.5. The highest BCUT2D eigenvalue weighted by atomic mass is 16.5. The van der Waals surface area contributed by atoms with Crippen LogP contribution in [0.2, 0.25) is 0 Å². The van der Waals surface area contributed by atoms with Gasteiger partial charge in [-0.1, -0.05) is 19.2 Å². The molecule has 138 valence electrons. The van der Waals surface area contributed by atoms with E-state index >= 15 is 0 Å². The van der Waals surface area contributed by atoms with Gasteiger partial charge < -0.3 is 23.7 Å². The van der Waals surface area contributed by atoms with Crippen LogP contribution >= 0.6 is 0 Å². The third kappa shape index (κ3) is 7.01. The molecule has 7 nitrogen and oxygen atoms in total. The van der Waals surface area contributed by atoms with Crippen molar-refractivity contribution in [3.63, 3.8) is 0 Å². The van der Waals surface area contributed by atoms with E-state index in [0.717, 1.165) is 0 Å². The van der Waals surface area contributed by atoms with E-state index in [2.05, 4.69) is 17.9 Å². The Kier molecular flexibility index (Phi) is 9.55. The van der Waals surface area contributed by atoms with Gasteiger partial charge in [-0.25, -0.2) is 4.79 Å². The zero-order chi connectivity index (χ0) is 19.2. The maximum absolute atomic E-state index is 11.5. The standard InChI is InChI=1S/C19H21NO6/c1-4-23-8-10-25-17-7-6-15(12-16(14-20)19(21)22-3)13-18(17)26-11-9-24-5-2/h4-7,12-13H,1-2,8-11H2,3H3. The number of hydrogen-bond donors (Lipinski definition) is 0. The third-order valence-corrected chi connectivity index (χ3v) is 2.96. The highest BCUT2D eigenvalue weighted by Gasteiger charge is 2.11. The van der Waals surface area contributed by atoms with Crippen LogP contribution in [0.4, 0.5) is 0 Å². The van der Waals surface area contributed by atoms with Gasteiger partial charge >= 0.3 is 5.97 Å². The van der Waals surface area contributed by atoms with Crippen LogP contribution in [0.15, 0.2) is 49.5 Å². The minimum Gasteiger partial charge on any atom is -0.498 e. The Morgan fingerprint density at radius 2 is 1.69 bits per heavy atom. The molecule has 0 aliphatic carbocycles. The topological polar surface area (TPSA) is 87.0 Å². The second kappa shape index (κ2) is 12.0. The fraction of sp³-hybridized carbons (Fsp3) is 0.263. The molecule has 0 spiro atoms. The monoisotopic (exact) mass is 359 g/mol. The summed E-state index contributed by atoms with van der Waals surface area (Å²) in [5.74, 6) is 0.216. The van der Waals surface area contributed by atoms with Crippen molar-refractivity contribution >= 4 is 12.0 Å². The van der Waals surface area contributed by atoms with Gasteiger partial charge in [-0.3, -0.25) is 0 Å². The molecule has 0 amide bonds. The molecule has 1 rings (SSSR count). The van der Waals surface area contributed by atoms with Crippen molar-refractivity contribution in [2.75, 3.05) is 33.5 Å². The van der Waals surface area contributed by atoms with Gasteiger partial charge in [0, 0.05) is 0 Å². The molecule has 0 aliphatic heterocycles. The SMILES string of the molecule is C=COCCOc1ccc(C=C(C#N)C(=O)OC)cc1OCCOC=C. The van der Waals surface area contributed by atoms with Crippen LogP contribution in [-0.2, 0) is 19.0 Å². The summed E-state index contributed by atoms with van der Waals surface area (Å²) in [6.07, 6.45) is 4.06. The molecule has 0 heterocycles. The van der Waals surface area contributed by atoms with E-state index in [1.165, 1.54) is 25.7 Å². The van der Waals surface area contributed by atoms with Crippen LogP contribution in [0.1, 0.15) is 5.56 Å². The predicted octanol–water partition coefficient (Wildman–Crippen LogP) is 2.84. The maximum Gasteiger partial charge on any atom is 0.348 e. The van der Waals surface area contributed by atoms with Crippen molar-refractivity contribution in [1.29, 1.82) is 5.26 Å². The number of nitrogens with zero attached hydrogens (tertiary/aromatic N) is 1. The second-order valence-corrected chi connectivity index (χ2v) is 4.64. The lowest BCUT2D eigenvalue weighted by atomic mass is 10.1. The molecule has 0 atom stereocenters. The first kappa shape index (κ1) is 20.6. The molecule has 1 aromatic rings. The summed E-state index contributed by atoms with van der Waals surface area (Å²) in [4.78, 5) is 11.5. The molecule has 0 radical (unpaired) electrons. The zero-order valence-electron chi connectivity index (χ0n) is 14.6. The molecule has 7 heteroatoms. The van der Waals surface area contributed by atoms with E-state index in [1.807, 2.05) is 0 Å². The van der Waals surface area contributed by atoms with Crippen molar-refractivity contribution < 1.29 is 28.5 Å². The summed E-state index contributed by atoms with van der Waals surface area (Å²) in [5.41, 5.74) is 0.461. The quantitative estimate of drug-likeness (QED) is 0.186. The number of ether oxygens (including phenoxy) is 5. The molecular weight excluding hydrogens is 338 g/mol. The van der Waals surface area contributed by atoms with Crippen LogP contribution < -0.4 is 9.47 Å². The van der Waals surface area contributed by atoms with Crippen LogP contribution in [-0.4, -0.2) is 39.5 Å². The number of esters is 1. The van der Waals surface area contributed by atoms with Crippen molar-refractivity contribution in [3.05, 3.63) is 55.0 Å². The second-order valence-electron chi connectivity index (χ2n) is 4.64. The van der Waals surface area contributed by atoms with E-state index in [9.17, 15) is 4.79 Å². The molecular formula is C19H21NO6. The Hall–Kier alpha value is -3.40. The minimum atomic E-state index is -0.712. The number of benzene rings is 1. The minimum absolute atomic E-state index is 0.124. The van der Waals surface area contributed by atoms with Crippen LogP contribution in [0, 0.1) is 11.3 Å². The van der Waals surface area contributed by atoms with Crippen LogP contribution in [0.25, 0.3) is 6.08 Å². The summed E-state index contributed by atoms with van der Waals surface area (Å²) >= 11 is 0. The van der Waals surface area contributed by atoms with E-state index < -0.39 is 5.97 Å². The lowest BCUT2D eigenvalue weighted by Gasteiger charge is -2.13. The number of rotatable bonds is 12. The molecule has 0 saturated heterocycles. The molecule has 0 fully saturated rings. The van der Waals surface area contributed by atoms with Crippen molar-refractivity contribution in [3.8, 4) is 17.6 Å². The van der Waals surface area contributed by atoms with Crippen LogP contribution in [0.3, 0.4) is 0 Å². The predicted molar refractivity (Wildman–Crippen MR) is 95.3 cm³/mol. The van der Waals surface area contributed by atoms with Gasteiger partial charge in [-0.05, 0) is 23.8 Å². The average molecular weight is 359 g/mol. The smallest absolute Gasteiger partial charge is 0.348 e. The van der Waals surface area contributed by atoms with E-state index in [0.29, 0.717) is 36.9 Å². The van der Waals surface area contributed by atoms with E-state index in [1.54, 1.807) is 24.3 Å². The number of hydrogen-bond acceptors (Lipinski definition) is 7. The van der Waals surface area contributed by atoms with Gasteiger partial charge in [0.15, 0.2) is 11.5 Å². The summed E-state index contributed by atoms with van der Waals surface area (Å²) < 4.78 is 25.9. The molecule has 0 saturated carbocycles. The molecule has 0 unspecified atom stereocenters. The summed E-state index contributed by atoms with van der Waals surface area (Å²) in [6.45, 7) is 8.12. The Morgan fingerprint density at radius 1 is 1.08 bits per heavy atom. The van der Waals surface area contributed by atoms with Gasteiger partial charge in [0.2, 0.25) is 0 Å². The van der Waals surface area contributed by atoms with Crippen molar-refractivity contribution in [1.82, 2.24) is 0 Å². The molecule has 0 aliphatic rings. The fourth-order valence-electron chi connectivity index (χ4n) is 1.83. The Labute approximate surface area is 152 Å². The van der Waals surface area contributed by atoms with E-state index in [-0.39, 0.29) is 12.2 Å². The normalized spacial score (nSPS) is 10.2. The van der Waals surface area contributed by atoms with Crippen LogP contribution in [0.5, 0.6) is 11.5 Å². The largest absolute Gasteiger partial charge is 0.498 e. The average Bonchev–Trinajstić information content (AvgIpc) is 2.67.